The van der Waals surface area contributed by atoms with Crippen molar-refractivity contribution in [2.45, 2.75) is 64.6 Å². The molecule has 0 saturated heterocycles. The number of ether oxygens (including phenoxy) is 1. The number of aliphatic carboxylic acids is 1. The fraction of sp³-hybridized carbons (Fsp3) is 0.353. The van der Waals surface area contributed by atoms with Crippen LogP contribution in [0.5, 0.6) is 0 Å². The molecule has 0 heterocycles. The number of amides is 2. The lowest BCUT2D eigenvalue weighted by molar-refractivity contribution is -0.139. The molecule has 3 rings (SSSR count). The quantitative estimate of drug-likeness (QED) is 0.183. The number of carbonyl (C=O) groups excluding carboxylic acids is 3. The number of hydrogen-bond acceptors (Lipinski definition) is 6. The van der Waals surface area contributed by atoms with Gasteiger partial charge in [-0.25, -0.2) is 4.79 Å². The van der Waals surface area contributed by atoms with Crippen molar-refractivity contribution in [2.24, 2.45) is 5.92 Å². The highest BCUT2D eigenvalue weighted by atomic mass is 16.5. The number of carboxylic acid groups (broad SMARTS) is 1. The van der Waals surface area contributed by atoms with Crippen molar-refractivity contribution in [1.29, 1.82) is 0 Å². The summed E-state index contributed by atoms with van der Waals surface area (Å²) in [6.07, 6.45) is 2.11. The minimum Gasteiger partial charge on any atom is -0.480 e. The first-order chi connectivity index (χ1) is 20.6. The predicted molar refractivity (Wildman–Crippen MR) is 167 cm³/mol. The second-order valence-electron chi connectivity index (χ2n) is 11.0. The third kappa shape index (κ3) is 10.4. The molecule has 0 saturated carbocycles. The Morgan fingerprint density at radius 3 is 2.00 bits per heavy atom. The molecule has 9 heteroatoms. The van der Waals surface area contributed by atoms with E-state index in [4.69, 9.17) is 4.74 Å². The molecule has 0 radical (unpaired) electrons. The molecule has 3 aromatic carbocycles. The highest BCUT2D eigenvalue weighted by Gasteiger charge is 2.28. The summed E-state index contributed by atoms with van der Waals surface area (Å²) < 4.78 is 4.71. The Morgan fingerprint density at radius 1 is 0.791 bits per heavy atom. The number of carbonyl (C=O) groups is 4. The maximum atomic E-state index is 13.4. The van der Waals surface area contributed by atoms with Gasteiger partial charge in [0.15, 0.2) is 0 Å². The molecular formula is C34H41N3O6. The van der Waals surface area contributed by atoms with E-state index in [-0.39, 0.29) is 5.92 Å². The van der Waals surface area contributed by atoms with Gasteiger partial charge in [-0.2, -0.15) is 0 Å². The van der Waals surface area contributed by atoms with Gasteiger partial charge in [0.25, 0.3) is 0 Å². The van der Waals surface area contributed by atoms with Crippen LogP contribution in [0.25, 0.3) is 11.1 Å². The normalized spacial score (nSPS) is 13.0. The second kappa shape index (κ2) is 16.2. The smallest absolute Gasteiger partial charge is 0.337 e. The molecular weight excluding hydrogens is 546 g/mol. The minimum atomic E-state index is -1.07. The van der Waals surface area contributed by atoms with E-state index in [0.717, 1.165) is 16.7 Å². The molecule has 0 bridgehead atoms. The number of hydrogen-bond donors (Lipinski definition) is 4. The van der Waals surface area contributed by atoms with Crippen LogP contribution >= 0.6 is 0 Å². The van der Waals surface area contributed by atoms with Crippen LogP contribution in [0, 0.1) is 5.92 Å². The van der Waals surface area contributed by atoms with E-state index in [0.29, 0.717) is 36.9 Å². The van der Waals surface area contributed by atoms with E-state index < -0.39 is 41.9 Å². The van der Waals surface area contributed by atoms with Gasteiger partial charge in [0.05, 0.1) is 18.7 Å². The molecule has 228 valence electrons. The van der Waals surface area contributed by atoms with Gasteiger partial charge in [-0.05, 0) is 79.5 Å². The van der Waals surface area contributed by atoms with Crippen molar-refractivity contribution in [3.63, 3.8) is 0 Å². The van der Waals surface area contributed by atoms with E-state index in [9.17, 15) is 24.3 Å². The van der Waals surface area contributed by atoms with Gasteiger partial charge >= 0.3 is 11.9 Å². The van der Waals surface area contributed by atoms with Crippen LogP contribution < -0.4 is 16.0 Å². The van der Waals surface area contributed by atoms with Crippen molar-refractivity contribution in [2.75, 3.05) is 12.4 Å². The standard InChI is InChI=1S/C34H41N3O6/c1-22(2)21-30(32(39)36-28-19-17-27(18-20-28)34(42)43-4)37-31(38)29(35-23(3)33(40)41)12-8-9-24-13-15-26(16-14-24)25-10-6-5-7-11-25/h5-7,10-11,13-20,22-23,29-30,35H,8-9,12,21H2,1-4H3,(H,36,39)(H,37,38)(H,40,41). The summed E-state index contributed by atoms with van der Waals surface area (Å²) in [5.74, 6) is -2.30. The Hall–Kier alpha value is -4.50. The Labute approximate surface area is 253 Å². The maximum absolute atomic E-state index is 13.4. The number of methoxy groups -OCH3 is 1. The Balaban J connectivity index is 1.66. The van der Waals surface area contributed by atoms with Crippen molar-refractivity contribution < 1.29 is 29.0 Å². The van der Waals surface area contributed by atoms with Gasteiger partial charge in [0, 0.05) is 5.69 Å². The summed E-state index contributed by atoms with van der Waals surface area (Å²) in [5, 5.41) is 18.0. The number of aryl methyl sites for hydroxylation is 1. The molecule has 4 N–H and O–H groups in total. The zero-order valence-electron chi connectivity index (χ0n) is 25.1. The Bertz CT molecular complexity index is 1360. The first-order valence-electron chi connectivity index (χ1n) is 14.5. The molecule has 43 heavy (non-hydrogen) atoms. The highest BCUT2D eigenvalue weighted by molar-refractivity contribution is 5.98. The van der Waals surface area contributed by atoms with Gasteiger partial charge in [-0.15, -0.1) is 0 Å². The largest absolute Gasteiger partial charge is 0.480 e. The lowest BCUT2D eigenvalue weighted by atomic mass is 9.99. The van der Waals surface area contributed by atoms with E-state index in [1.54, 1.807) is 24.3 Å². The molecule has 3 atom stereocenters. The van der Waals surface area contributed by atoms with Crippen molar-refractivity contribution in [3.8, 4) is 11.1 Å². The van der Waals surface area contributed by atoms with Crippen molar-refractivity contribution in [3.05, 3.63) is 90.0 Å². The van der Waals surface area contributed by atoms with Crippen LogP contribution in [0.2, 0.25) is 0 Å². The number of benzene rings is 3. The van der Waals surface area contributed by atoms with Crippen LogP contribution in [0.1, 0.15) is 56.0 Å². The SMILES string of the molecule is COC(=O)c1ccc(NC(=O)C(CC(C)C)NC(=O)C(CCCc2ccc(-c3ccccc3)cc2)NC(C)C(=O)O)cc1. The summed E-state index contributed by atoms with van der Waals surface area (Å²) >= 11 is 0. The van der Waals surface area contributed by atoms with E-state index in [1.807, 2.05) is 32.0 Å². The third-order valence-corrected chi connectivity index (χ3v) is 7.07. The monoisotopic (exact) mass is 587 g/mol. The van der Waals surface area contributed by atoms with Gasteiger partial charge in [0.2, 0.25) is 11.8 Å². The molecule has 2 amide bonds. The number of esters is 1. The highest BCUT2D eigenvalue weighted by Crippen LogP contribution is 2.20. The van der Waals surface area contributed by atoms with Crippen LogP contribution in [-0.4, -0.2) is 54.1 Å². The van der Waals surface area contributed by atoms with Crippen LogP contribution in [0.15, 0.2) is 78.9 Å². The lowest BCUT2D eigenvalue weighted by Gasteiger charge is -2.25. The number of anilines is 1. The maximum Gasteiger partial charge on any atom is 0.337 e. The zero-order valence-corrected chi connectivity index (χ0v) is 25.1. The second-order valence-corrected chi connectivity index (χ2v) is 11.0. The molecule has 0 fully saturated rings. The first kappa shape index (κ1) is 33.0. The molecule has 0 aliphatic rings. The summed E-state index contributed by atoms with van der Waals surface area (Å²) in [6, 6.07) is 22.0. The van der Waals surface area contributed by atoms with Gasteiger partial charge < -0.3 is 20.5 Å². The number of rotatable bonds is 15. The molecule has 0 spiro atoms. The predicted octanol–water partition coefficient (Wildman–Crippen LogP) is 5.06. The van der Waals surface area contributed by atoms with Gasteiger partial charge in [-0.3, -0.25) is 19.7 Å². The average molecular weight is 588 g/mol. The summed E-state index contributed by atoms with van der Waals surface area (Å²) in [6.45, 7) is 5.38. The van der Waals surface area contributed by atoms with Crippen LogP contribution in [0.3, 0.4) is 0 Å². The molecule has 3 unspecified atom stereocenters. The topological polar surface area (TPSA) is 134 Å². The molecule has 3 aromatic rings. The van der Waals surface area contributed by atoms with Crippen molar-refractivity contribution in [1.82, 2.24) is 10.6 Å². The first-order valence-corrected chi connectivity index (χ1v) is 14.5. The fourth-order valence-corrected chi connectivity index (χ4v) is 4.68. The minimum absolute atomic E-state index is 0.0981. The fourth-order valence-electron chi connectivity index (χ4n) is 4.68. The molecule has 0 aliphatic carbocycles. The van der Waals surface area contributed by atoms with Crippen LogP contribution in [0.4, 0.5) is 5.69 Å². The van der Waals surface area contributed by atoms with E-state index >= 15 is 0 Å². The lowest BCUT2D eigenvalue weighted by Crippen LogP contribution is -2.54. The molecule has 0 aromatic heterocycles. The Kier molecular flexibility index (Phi) is 12.5. The average Bonchev–Trinajstić information content (AvgIpc) is 3.00. The van der Waals surface area contributed by atoms with Gasteiger partial charge in [0.1, 0.15) is 12.1 Å². The summed E-state index contributed by atoms with van der Waals surface area (Å²) in [4.78, 5) is 49.9. The summed E-state index contributed by atoms with van der Waals surface area (Å²) in [7, 11) is 1.29. The third-order valence-electron chi connectivity index (χ3n) is 7.07. The van der Waals surface area contributed by atoms with Crippen LogP contribution in [-0.2, 0) is 25.5 Å². The zero-order chi connectivity index (χ0) is 31.4. The van der Waals surface area contributed by atoms with Crippen molar-refractivity contribution >= 4 is 29.4 Å². The summed E-state index contributed by atoms with van der Waals surface area (Å²) in [5.41, 5.74) is 4.18. The number of nitrogens with one attached hydrogen (secondary N) is 3. The van der Waals surface area contributed by atoms with E-state index in [1.165, 1.54) is 14.0 Å². The van der Waals surface area contributed by atoms with E-state index in [2.05, 4.69) is 52.3 Å². The number of carboxylic acids is 1. The van der Waals surface area contributed by atoms with Gasteiger partial charge in [-0.1, -0.05) is 68.4 Å². The molecule has 0 aliphatic heterocycles. The molecule has 9 nitrogen and oxygen atoms in total. The Morgan fingerprint density at radius 2 is 1.42 bits per heavy atom.